The van der Waals surface area contributed by atoms with Crippen LogP contribution in [0.15, 0.2) is 18.2 Å². The van der Waals surface area contributed by atoms with Crippen molar-refractivity contribution in [2.24, 2.45) is 0 Å². The topological polar surface area (TPSA) is 49.8 Å². The van der Waals surface area contributed by atoms with E-state index in [2.05, 4.69) is 46.6 Å². The fourth-order valence-corrected chi connectivity index (χ4v) is 2.59. The van der Waals surface area contributed by atoms with Gasteiger partial charge in [-0.2, -0.15) is 0 Å². The largest absolute Gasteiger partial charge is 0.370 e. The Balaban J connectivity index is 2.01. The maximum Gasteiger partial charge on any atom is 0.132 e. The minimum Gasteiger partial charge on any atom is -0.370 e. The van der Waals surface area contributed by atoms with Gasteiger partial charge in [-0.05, 0) is 32.4 Å². The number of hydrogen-bond acceptors (Lipinski definition) is 5. The quantitative estimate of drug-likeness (QED) is 0.846. The Morgan fingerprint density at radius 3 is 2.47 bits per heavy atom. The lowest BCUT2D eigenvalue weighted by molar-refractivity contribution is 0.952. The van der Waals surface area contributed by atoms with Gasteiger partial charge >= 0.3 is 0 Å². The number of nitrogens with one attached hydrogen (secondary N) is 2. The third kappa shape index (κ3) is 4.21. The normalized spacial score (nSPS) is 10.5. The molecule has 0 aromatic carbocycles. The second kappa shape index (κ2) is 6.52. The fraction of sp³-hybridized carbons (Fsp3) is 0.429. The van der Waals surface area contributed by atoms with Gasteiger partial charge in [-0.3, -0.25) is 0 Å². The van der Waals surface area contributed by atoms with E-state index in [4.69, 9.17) is 0 Å². The average Bonchev–Trinajstić information content (AvgIpc) is 2.79. The summed E-state index contributed by atoms with van der Waals surface area (Å²) in [5, 5.41) is 6.64. The molecule has 2 aromatic rings. The summed E-state index contributed by atoms with van der Waals surface area (Å²) >= 11 is 1.81. The molecule has 2 heterocycles. The first-order valence-electron chi connectivity index (χ1n) is 6.56. The van der Waals surface area contributed by atoms with Crippen LogP contribution in [0.5, 0.6) is 0 Å². The zero-order valence-electron chi connectivity index (χ0n) is 11.7. The molecule has 0 aliphatic carbocycles. The summed E-state index contributed by atoms with van der Waals surface area (Å²) < 4.78 is 0. The molecule has 0 saturated heterocycles. The van der Waals surface area contributed by atoms with E-state index >= 15 is 0 Å². The van der Waals surface area contributed by atoms with Crippen molar-refractivity contribution in [2.45, 2.75) is 33.7 Å². The Morgan fingerprint density at radius 2 is 1.84 bits per heavy atom. The highest BCUT2D eigenvalue weighted by molar-refractivity contribution is 7.11. The summed E-state index contributed by atoms with van der Waals surface area (Å²) in [6.45, 7) is 7.91. The zero-order valence-corrected chi connectivity index (χ0v) is 12.5. The second-order valence-corrected chi connectivity index (χ2v) is 5.85. The highest BCUT2D eigenvalue weighted by Gasteiger charge is 2.02. The molecule has 0 fully saturated rings. The lowest BCUT2D eigenvalue weighted by Crippen LogP contribution is -2.07. The van der Waals surface area contributed by atoms with Gasteiger partial charge in [0.15, 0.2) is 0 Å². The molecule has 0 aliphatic heterocycles. The predicted molar refractivity (Wildman–Crippen MR) is 81.9 cm³/mol. The summed E-state index contributed by atoms with van der Waals surface area (Å²) in [7, 11) is 0. The molecule has 0 bridgehead atoms. The van der Waals surface area contributed by atoms with E-state index in [0.29, 0.717) is 0 Å². The molecular formula is C14H20N4S. The Kier molecular flexibility index (Phi) is 4.74. The molecule has 0 atom stereocenters. The van der Waals surface area contributed by atoms with E-state index in [9.17, 15) is 0 Å². The van der Waals surface area contributed by atoms with Crippen LogP contribution in [0.4, 0.5) is 11.6 Å². The van der Waals surface area contributed by atoms with Crippen molar-refractivity contribution in [3.63, 3.8) is 0 Å². The van der Waals surface area contributed by atoms with Gasteiger partial charge in [0.2, 0.25) is 0 Å². The molecule has 0 spiro atoms. The molecule has 0 amide bonds. The van der Waals surface area contributed by atoms with Crippen LogP contribution in [0, 0.1) is 13.8 Å². The van der Waals surface area contributed by atoms with Gasteiger partial charge in [0.1, 0.15) is 17.5 Å². The highest BCUT2D eigenvalue weighted by Crippen LogP contribution is 2.17. The molecule has 2 aromatic heterocycles. The van der Waals surface area contributed by atoms with Crippen LogP contribution >= 0.6 is 11.3 Å². The zero-order chi connectivity index (χ0) is 13.7. The van der Waals surface area contributed by atoms with Gasteiger partial charge in [0, 0.05) is 22.4 Å². The number of aryl methyl sites for hydroxylation is 2. The summed E-state index contributed by atoms with van der Waals surface area (Å²) in [6, 6.07) is 6.25. The monoisotopic (exact) mass is 276 g/mol. The summed E-state index contributed by atoms with van der Waals surface area (Å²) in [5.74, 6) is 2.54. The highest BCUT2D eigenvalue weighted by atomic mass is 32.1. The van der Waals surface area contributed by atoms with Crippen LogP contribution in [-0.2, 0) is 6.54 Å². The molecule has 4 nitrogen and oxygen atoms in total. The molecule has 2 rings (SSSR count). The lowest BCUT2D eigenvalue weighted by Gasteiger charge is -2.09. The summed E-state index contributed by atoms with van der Waals surface area (Å²) in [6.07, 6.45) is 1.08. The third-order valence-electron chi connectivity index (χ3n) is 2.63. The van der Waals surface area contributed by atoms with Gasteiger partial charge in [0.25, 0.3) is 0 Å². The van der Waals surface area contributed by atoms with Crippen LogP contribution in [0.1, 0.15) is 28.9 Å². The SMILES string of the molecule is CCCNc1cc(NCc2ccc(C)s2)nc(C)n1. The standard InChI is InChI=1S/C14H20N4S/c1-4-7-15-13-8-14(18-11(3)17-13)16-9-12-6-5-10(2)19-12/h5-6,8H,4,7,9H2,1-3H3,(H2,15,16,17,18). The Morgan fingerprint density at radius 1 is 1.11 bits per heavy atom. The van der Waals surface area contributed by atoms with E-state index in [1.165, 1.54) is 9.75 Å². The molecular weight excluding hydrogens is 256 g/mol. The maximum absolute atomic E-state index is 4.41. The van der Waals surface area contributed by atoms with Crippen molar-refractivity contribution in [3.05, 3.63) is 33.8 Å². The molecule has 0 aliphatic rings. The van der Waals surface area contributed by atoms with Crippen LogP contribution in [-0.4, -0.2) is 16.5 Å². The molecule has 2 N–H and O–H groups in total. The first kappa shape index (κ1) is 13.8. The Hall–Kier alpha value is -1.62. The van der Waals surface area contributed by atoms with Crippen LogP contribution in [0.2, 0.25) is 0 Å². The fourth-order valence-electron chi connectivity index (χ4n) is 1.76. The number of aromatic nitrogens is 2. The first-order valence-corrected chi connectivity index (χ1v) is 7.37. The van der Waals surface area contributed by atoms with Crippen LogP contribution in [0.3, 0.4) is 0 Å². The van der Waals surface area contributed by atoms with Crippen molar-refractivity contribution in [2.75, 3.05) is 17.2 Å². The molecule has 0 radical (unpaired) electrons. The van der Waals surface area contributed by atoms with Gasteiger partial charge < -0.3 is 10.6 Å². The number of hydrogen-bond donors (Lipinski definition) is 2. The van der Waals surface area contributed by atoms with E-state index < -0.39 is 0 Å². The van der Waals surface area contributed by atoms with E-state index in [-0.39, 0.29) is 0 Å². The minimum atomic E-state index is 0.783. The van der Waals surface area contributed by atoms with Crippen LogP contribution in [0.25, 0.3) is 0 Å². The van der Waals surface area contributed by atoms with Crippen molar-refractivity contribution in [1.29, 1.82) is 0 Å². The number of anilines is 2. The maximum atomic E-state index is 4.41. The average molecular weight is 276 g/mol. The molecule has 102 valence electrons. The molecule has 19 heavy (non-hydrogen) atoms. The second-order valence-electron chi connectivity index (χ2n) is 4.48. The number of nitrogens with zero attached hydrogens (tertiary/aromatic N) is 2. The van der Waals surface area contributed by atoms with E-state index in [1.54, 1.807) is 0 Å². The van der Waals surface area contributed by atoms with Gasteiger partial charge in [-0.1, -0.05) is 6.92 Å². The Bertz CT molecular complexity index is 536. The molecule has 0 unspecified atom stereocenters. The molecule has 5 heteroatoms. The van der Waals surface area contributed by atoms with E-state index in [0.717, 1.165) is 37.0 Å². The smallest absolute Gasteiger partial charge is 0.132 e. The van der Waals surface area contributed by atoms with Gasteiger partial charge in [0.05, 0.1) is 6.54 Å². The first-order chi connectivity index (χ1) is 9.17. The summed E-state index contributed by atoms with van der Waals surface area (Å²) in [5.41, 5.74) is 0. The predicted octanol–water partition coefficient (Wildman–Crippen LogP) is 3.59. The van der Waals surface area contributed by atoms with Crippen LogP contribution < -0.4 is 10.6 Å². The van der Waals surface area contributed by atoms with Gasteiger partial charge in [-0.25, -0.2) is 9.97 Å². The lowest BCUT2D eigenvalue weighted by atomic mass is 10.4. The van der Waals surface area contributed by atoms with Crippen molar-refractivity contribution >= 4 is 23.0 Å². The van der Waals surface area contributed by atoms with Gasteiger partial charge in [-0.15, -0.1) is 11.3 Å². The Labute approximate surface area is 118 Å². The van der Waals surface area contributed by atoms with Crippen molar-refractivity contribution in [1.82, 2.24) is 9.97 Å². The molecule has 0 saturated carbocycles. The van der Waals surface area contributed by atoms with E-state index in [1.807, 2.05) is 24.3 Å². The third-order valence-corrected chi connectivity index (χ3v) is 3.63. The summed E-state index contributed by atoms with van der Waals surface area (Å²) in [4.78, 5) is 11.4. The number of thiophene rings is 1. The van der Waals surface area contributed by atoms with Crippen molar-refractivity contribution < 1.29 is 0 Å². The van der Waals surface area contributed by atoms with Crippen molar-refractivity contribution in [3.8, 4) is 0 Å². The minimum absolute atomic E-state index is 0.783. The number of rotatable bonds is 6.